The molecule has 0 bridgehead atoms. The van der Waals surface area contributed by atoms with Gasteiger partial charge >= 0.3 is 0 Å². The molecule has 0 aromatic heterocycles. The molecule has 1 heterocycles. The van der Waals surface area contributed by atoms with Crippen molar-refractivity contribution in [3.05, 3.63) is 35.9 Å². The lowest BCUT2D eigenvalue weighted by molar-refractivity contribution is -0.128. The summed E-state index contributed by atoms with van der Waals surface area (Å²) in [5, 5.41) is 3.01. The zero-order chi connectivity index (χ0) is 16.0. The van der Waals surface area contributed by atoms with Gasteiger partial charge in [-0.05, 0) is 12.0 Å². The maximum atomic E-state index is 11.8. The van der Waals surface area contributed by atoms with Crippen molar-refractivity contribution in [1.82, 2.24) is 10.2 Å². The Kier molecular flexibility index (Phi) is 5.98. The highest BCUT2D eigenvalue weighted by Crippen LogP contribution is 2.21. The number of amides is 1. The summed E-state index contributed by atoms with van der Waals surface area (Å²) in [4.78, 5) is 14.2. The average Bonchev–Trinajstić information content (AvgIpc) is 2.51. The highest BCUT2D eigenvalue weighted by atomic mass is 16.5. The van der Waals surface area contributed by atoms with Crippen molar-refractivity contribution < 1.29 is 9.53 Å². The summed E-state index contributed by atoms with van der Waals surface area (Å²) < 4.78 is 5.87. The second-order valence-electron chi connectivity index (χ2n) is 6.93. The Hall–Kier alpha value is -1.39. The number of carbonyl (C=O) groups excluding carboxylic acids is 1. The highest BCUT2D eigenvalue weighted by molar-refractivity contribution is 5.81. The fraction of sp³-hybridized carbons (Fsp3) is 0.611. The van der Waals surface area contributed by atoms with E-state index in [0.29, 0.717) is 0 Å². The predicted octanol–water partition coefficient (Wildman–Crippen LogP) is 2.61. The van der Waals surface area contributed by atoms with Gasteiger partial charge in [-0.25, -0.2) is 0 Å². The van der Waals surface area contributed by atoms with E-state index in [4.69, 9.17) is 4.74 Å². The summed E-state index contributed by atoms with van der Waals surface area (Å²) in [5.41, 5.74) is 0.936. The van der Waals surface area contributed by atoms with E-state index >= 15 is 0 Å². The van der Waals surface area contributed by atoms with Crippen LogP contribution < -0.4 is 5.32 Å². The van der Waals surface area contributed by atoms with Crippen LogP contribution >= 0.6 is 0 Å². The zero-order valence-corrected chi connectivity index (χ0v) is 14.0. The van der Waals surface area contributed by atoms with Crippen LogP contribution in [0.15, 0.2) is 30.3 Å². The SMILES string of the molecule is CC(C)(C)C(=O)NCCCN1CCO[C@@H](c2ccccc2)C1. The molecular weight excluding hydrogens is 276 g/mol. The lowest BCUT2D eigenvalue weighted by Gasteiger charge is -2.33. The summed E-state index contributed by atoms with van der Waals surface area (Å²) in [5.74, 6) is 0.122. The van der Waals surface area contributed by atoms with E-state index in [9.17, 15) is 4.79 Å². The summed E-state index contributed by atoms with van der Waals surface area (Å²) >= 11 is 0. The maximum Gasteiger partial charge on any atom is 0.225 e. The number of carbonyl (C=O) groups is 1. The highest BCUT2D eigenvalue weighted by Gasteiger charge is 2.22. The molecule has 1 saturated heterocycles. The summed E-state index contributed by atoms with van der Waals surface area (Å²) in [6.07, 6.45) is 1.14. The van der Waals surface area contributed by atoms with Gasteiger partial charge in [0.25, 0.3) is 0 Å². The lowest BCUT2D eigenvalue weighted by atomic mass is 9.96. The molecule has 1 aromatic carbocycles. The first-order valence-electron chi connectivity index (χ1n) is 8.14. The molecule has 0 unspecified atom stereocenters. The van der Waals surface area contributed by atoms with Crippen LogP contribution in [0, 0.1) is 5.41 Å². The van der Waals surface area contributed by atoms with Gasteiger partial charge in [-0.2, -0.15) is 0 Å². The normalized spacial score (nSPS) is 19.9. The van der Waals surface area contributed by atoms with E-state index in [1.165, 1.54) is 5.56 Å². The standard InChI is InChI=1S/C18H28N2O2/c1-18(2,3)17(21)19-10-7-11-20-12-13-22-16(14-20)15-8-5-4-6-9-15/h4-6,8-9,16H,7,10-14H2,1-3H3,(H,19,21)/t16-/m1/s1. The number of nitrogens with zero attached hydrogens (tertiary/aromatic N) is 1. The summed E-state index contributed by atoms with van der Waals surface area (Å²) in [6, 6.07) is 10.4. The Bertz CT molecular complexity index is 468. The third-order valence-corrected chi connectivity index (χ3v) is 3.94. The van der Waals surface area contributed by atoms with Crippen molar-refractivity contribution in [3.63, 3.8) is 0 Å². The number of morpholine rings is 1. The van der Waals surface area contributed by atoms with E-state index in [0.717, 1.165) is 39.2 Å². The molecule has 0 aliphatic carbocycles. The van der Waals surface area contributed by atoms with Crippen molar-refractivity contribution in [2.75, 3.05) is 32.8 Å². The van der Waals surface area contributed by atoms with Crippen LogP contribution in [0.4, 0.5) is 0 Å². The van der Waals surface area contributed by atoms with Gasteiger partial charge in [-0.1, -0.05) is 51.1 Å². The van der Waals surface area contributed by atoms with E-state index < -0.39 is 0 Å². The molecular formula is C18H28N2O2. The minimum Gasteiger partial charge on any atom is -0.371 e. The largest absolute Gasteiger partial charge is 0.371 e. The van der Waals surface area contributed by atoms with Crippen molar-refractivity contribution in [2.24, 2.45) is 5.41 Å². The molecule has 1 amide bonds. The Morgan fingerprint density at radius 1 is 1.32 bits per heavy atom. The second-order valence-corrected chi connectivity index (χ2v) is 6.93. The fourth-order valence-corrected chi connectivity index (χ4v) is 2.54. The minimum absolute atomic E-state index is 0.122. The summed E-state index contributed by atoms with van der Waals surface area (Å²) in [6.45, 7) is 10.2. The van der Waals surface area contributed by atoms with E-state index in [1.54, 1.807) is 0 Å². The van der Waals surface area contributed by atoms with Gasteiger partial charge in [0.05, 0.1) is 12.7 Å². The number of nitrogens with one attached hydrogen (secondary N) is 1. The Balaban J connectivity index is 1.71. The Morgan fingerprint density at radius 3 is 2.73 bits per heavy atom. The van der Waals surface area contributed by atoms with Crippen LogP contribution in [0.3, 0.4) is 0 Å². The van der Waals surface area contributed by atoms with Gasteiger partial charge in [0.15, 0.2) is 0 Å². The first kappa shape index (κ1) is 17.0. The van der Waals surface area contributed by atoms with Crippen molar-refractivity contribution in [3.8, 4) is 0 Å². The molecule has 22 heavy (non-hydrogen) atoms. The minimum atomic E-state index is -0.308. The fourth-order valence-electron chi connectivity index (χ4n) is 2.54. The second kappa shape index (κ2) is 7.75. The first-order chi connectivity index (χ1) is 10.5. The summed E-state index contributed by atoms with van der Waals surface area (Å²) in [7, 11) is 0. The van der Waals surface area contributed by atoms with Crippen LogP contribution in [0.25, 0.3) is 0 Å². The zero-order valence-electron chi connectivity index (χ0n) is 14.0. The van der Waals surface area contributed by atoms with Gasteiger partial charge in [0, 0.05) is 31.6 Å². The van der Waals surface area contributed by atoms with Crippen LogP contribution in [0.2, 0.25) is 0 Å². The molecule has 4 heteroatoms. The van der Waals surface area contributed by atoms with Gasteiger partial charge in [-0.15, -0.1) is 0 Å². The van der Waals surface area contributed by atoms with Crippen LogP contribution in [-0.4, -0.2) is 43.6 Å². The number of benzene rings is 1. The molecule has 1 aromatic rings. The molecule has 1 fully saturated rings. The molecule has 0 saturated carbocycles. The number of rotatable bonds is 5. The molecule has 122 valence electrons. The lowest BCUT2D eigenvalue weighted by Crippen LogP contribution is -2.40. The molecule has 1 aliphatic heterocycles. The van der Waals surface area contributed by atoms with Gasteiger partial charge in [0.2, 0.25) is 5.91 Å². The quantitative estimate of drug-likeness (QED) is 0.850. The molecule has 1 aliphatic rings. The van der Waals surface area contributed by atoms with Crippen LogP contribution in [-0.2, 0) is 9.53 Å². The topological polar surface area (TPSA) is 41.6 Å². The molecule has 1 N–H and O–H groups in total. The van der Waals surface area contributed by atoms with Crippen LogP contribution in [0.1, 0.15) is 38.9 Å². The Morgan fingerprint density at radius 2 is 2.05 bits per heavy atom. The molecule has 4 nitrogen and oxygen atoms in total. The Labute approximate surface area is 133 Å². The maximum absolute atomic E-state index is 11.8. The molecule has 0 radical (unpaired) electrons. The monoisotopic (exact) mass is 304 g/mol. The molecule has 1 atom stereocenters. The average molecular weight is 304 g/mol. The first-order valence-corrected chi connectivity index (χ1v) is 8.14. The van der Waals surface area contributed by atoms with Gasteiger partial charge in [0.1, 0.15) is 0 Å². The predicted molar refractivity (Wildman–Crippen MR) is 88.7 cm³/mol. The number of hydrogen-bond donors (Lipinski definition) is 1. The van der Waals surface area contributed by atoms with Gasteiger partial charge in [-0.3, -0.25) is 9.69 Å². The number of ether oxygens (including phenoxy) is 1. The molecule has 2 rings (SSSR count). The van der Waals surface area contributed by atoms with E-state index in [2.05, 4.69) is 34.5 Å². The van der Waals surface area contributed by atoms with Gasteiger partial charge < -0.3 is 10.1 Å². The van der Waals surface area contributed by atoms with Crippen LogP contribution in [0.5, 0.6) is 0 Å². The smallest absolute Gasteiger partial charge is 0.225 e. The third kappa shape index (κ3) is 5.11. The van der Waals surface area contributed by atoms with Crippen molar-refractivity contribution >= 4 is 5.91 Å². The van der Waals surface area contributed by atoms with Crippen molar-refractivity contribution in [2.45, 2.75) is 33.3 Å². The third-order valence-electron chi connectivity index (χ3n) is 3.94. The van der Waals surface area contributed by atoms with E-state index in [1.807, 2.05) is 26.8 Å². The van der Waals surface area contributed by atoms with Crippen molar-refractivity contribution in [1.29, 1.82) is 0 Å². The molecule has 0 spiro atoms. The van der Waals surface area contributed by atoms with E-state index in [-0.39, 0.29) is 17.4 Å². The number of hydrogen-bond acceptors (Lipinski definition) is 3.